The van der Waals surface area contributed by atoms with Crippen molar-refractivity contribution in [3.63, 3.8) is 0 Å². The van der Waals surface area contributed by atoms with E-state index in [0.29, 0.717) is 22.5 Å². The normalized spacial score (nSPS) is 14.1. The van der Waals surface area contributed by atoms with E-state index < -0.39 is 4.92 Å². The van der Waals surface area contributed by atoms with Crippen molar-refractivity contribution in [3.05, 3.63) is 99.6 Å². The summed E-state index contributed by atoms with van der Waals surface area (Å²) in [6, 6.07) is 22.0. The molecule has 0 saturated carbocycles. The van der Waals surface area contributed by atoms with Gasteiger partial charge in [-0.2, -0.15) is 0 Å². The molecule has 0 radical (unpaired) electrons. The van der Waals surface area contributed by atoms with Crippen LogP contribution in [0, 0.1) is 10.1 Å². The standard InChI is InChI=1S/C26H26N4O3/c1-3-29(4-2)17-18-10-12-20(13-11-18)27-25(19-8-6-5-7-9-19)24-22-16-21(30(32)33)14-15-23(22)28-26(24)31/h5-16,27H,3-4,17H2,1-2H3,(H,28,31)/b25-24-. The van der Waals surface area contributed by atoms with Gasteiger partial charge >= 0.3 is 0 Å². The molecule has 4 rings (SSSR count). The number of carbonyl (C=O) groups excluding carboxylic acids is 1. The highest BCUT2D eigenvalue weighted by atomic mass is 16.6. The third kappa shape index (κ3) is 4.78. The highest BCUT2D eigenvalue weighted by Gasteiger charge is 2.30. The van der Waals surface area contributed by atoms with Crippen LogP contribution in [0.1, 0.15) is 30.5 Å². The molecule has 0 unspecified atom stereocenters. The van der Waals surface area contributed by atoms with Crippen LogP contribution in [-0.2, 0) is 11.3 Å². The van der Waals surface area contributed by atoms with E-state index in [0.717, 1.165) is 30.9 Å². The van der Waals surface area contributed by atoms with Crippen molar-refractivity contribution >= 4 is 34.2 Å². The zero-order chi connectivity index (χ0) is 23.4. The van der Waals surface area contributed by atoms with Gasteiger partial charge in [-0.3, -0.25) is 19.8 Å². The third-order valence-electron chi connectivity index (χ3n) is 5.79. The van der Waals surface area contributed by atoms with Gasteiger partial charge in [-0.15, -0.1) is 0 Å². The molecule has 7 heteroatoms. The Morgan fingerprint density at radius 1 is 1.00 bits per heavy atom. The number of fused-ring (bicyclic) bond motifs is 1. The van der Waals surface area contributed by atoms with Crippen LogP contribution in [0.15, 0.2) is 72.8 Å². The fourth-order valence-electron chi connectivity index (χ4n) is 3.94. The van der Waals surface area contributed by atoms with Crippen molar-refractivity contribution in [2.75, 3.05) is 23.7 Å². The predicted molar refractivity (Wildman–Crippen MR) is 132 cm³/mol. The van der Waals surface area contributed by atoms with Crippen molar-refractivity contribution in [2.45, 2.75) is 20.4 Å². The minimum Gasteiger partial charge on any atom is -0.354 e. The quantitative estimate of drug-likeness (QED) is 0.278. The largest absolute Gasteiger partial charge is 0.354 e. The van der Waals surface area contributed by atoms with Crippen molar-refractivity contribution in [1.29, 1.82) is 0 Å². The van der Waals surface area contributed by atoms with E-state index in [1.807, 2.05) is 42.5 Å². The Labute approximate surface area is 192 Å². The number of non-ortho nitro benzene ring substituents is 1. The summed E-state index contributed by atoms with van der Waals surface area (Å²) < 4.78 is 0. The number of nitrogens with zero attached hydrogens (tertiary/aromatic N) is 2. The summed E-state index contributed by atoms with van der Waals surface area (Å²) >= 11 is 0. The minimum absolute atomic E-state index is 0.0593. The summed E-state index contributed by atoms with van der Waals surface area (Å²) in [6.45, 7) is 7.14. The number of amides is 1. The van der Waals surface area contributed by atoms with Gasteiger partial charge in [-0.25, -0.2) is 0 Å². The fourth-order valence-corrected chi connectivity index (χ4v) is 3.94. The van der Waals surface area contributed by atoms with Crippen LogP contribution in [-0.4, -0.2) is 28.8 Å². The Balaban J connectivity index is 1.75. The first kappa shape index (κ1) is 22.2. The maximum Gasteiger partial charge on any atom is 0.270 e. The Bertz CT molecular complexity index is 1200. The fraction of sp³-hybridized carbons (Fsp3) is 0.192. The first-order valence-corrected chi connectivity index (χ1v) is 11.0. The van der Waals surface area contributed by atoms with E-state index >= 15 is 0 Å². The topological polar surface area (TPSA) is 87.5 Å². The molecule has 33 heavy (non-hydrogen) atoms. The van der Waals surface area contributed by atoms with Crippen LogP contribution >= 0.6 is 0 Å². The van der Waals surface area contributed by atoms with Gasteiger partial charge < -0.3 is 10.6 Å². The van der Waals surface area contributed by atoms with Crippen LogP contribution in [0.25, 0.3) is 11.3 Å². The lowest BCUT2D eigenvalue weighted by atomic mass is 9.99. The van der Waals surface area contributed by atoms with Crippen molar-refractivity contribution in [2.24, 2.45) is 0 Å². The Morgan fingerprint density at radius 3 is 2.33 bits per heavy atom. The minimum atomic E-state index is -0.453. The van der Waals surface area contributed by atoms with Gasteiger partial charge in [-0.1, -0.05) is 56.3 Å². The average molecular weight is 443 g/mol. The number of nitro groups is 1. The van der Waals surface area contributed by atoms with Gasteiger partial charge in [0.15, 0.2) is 0 Å². The van der Waals surface area contributed by atoms with Gasteiger partial charge in [0, 0.05) is 35.6 Å². The average Bonchev–Trinajstić information content (AvgIpc) is 3.17. The Morgan fingerprint density at radius 2 is 1.70 bits per heavy atom. The zero-order valence-electron chi connectivity index (χ0n) is 18.7. The van der Waals surface area contributed by atoms with E-state index in [4.69, 9.17) is 0 Å². The second-order valence-corrected chi connectivity index (χ2v) is 7.84. The molecule has 1 amide bonds. The summed E-state index contributed by atoms with van der Waals surface area (Å²) in [6.07, 6.45) is 0. The number of benzene rings is 3. The molecule has 3 aromatic carbocycles. The summed E-state index contributed by atoms with van der Waals surface area (Å²) in [4.78, 5) is 26.2. The van der Waals surface area contributed by atoms with E-state index in [1.54, 1.807) is 6.07 Å². The summed E-state index contributed by atoms with van der Waals surface area (Å²) in [5.41, 5.74) is 4.85. The summed E-state index contributed by atoms with van der Waals surface area (Å²) in [7, 11) is 0. The van der Waals surface area contributed by atoms with Gasteiger partial charge in [0.05, 0.1) is 16.2 Å². The SMILES string of the molecule is CCN(CC)Cc1ccc(N/C(=C2\C(=O)Nc3ccc([N+](=O)[O-])cc32)c2ccccc2)cc1. The molecular formula is C26H26N4O3. The van der Waals surface area contributed by atoms with E-state index in [1.165, 1.54) is 17.7 Å². The van der Waals surface area contributed by atoms with Gasteiger partial charge in [0.1, 0.15) is 0 Å². The summed E-state index contributed by atoms with van der Waals surface area (Å²) in [5, 5.41) is 17.6. The van der Waals surface area contributed by atoms with E-state index in [2.05, 4.69) is 41.5 Å². The van der Waals surface area contributed by atoms with Crippen LogP contribution in [0.2, 0.25) is 0 Å². The maximum absolute atomic E-state index is 13.0. The number of anilines is 2. The molecule has 0 fully saturated rings. The lowest BCUT2D eigenvalue weighted by Crippen LogP contribution is -2.22. The van der Waals surface area contributed by atoms with E-state index in [9.17, 15) is 14.9 Å². The molecule has 0 spiro atoms. The monoisotopic (exact) mass is 442 g/mol. The van der Waals surface area contributed by atoms with Gasteiger partial charge in [0.2, 0.25) is 0 Å². The molecule has 3 aromatic rings. The summed E-state index contributed by atoms with van der Waals surface area (Å²) in [5.74, 6) is -0.296. The molecular weight excluding hydrogens is 416 g/mol. The molecule has 168 valence electrons. The first-order valence-electron chi connectivity index (χ1n) is 11.0. The van der Waals surface area contributed by atoms with E-state index in [-0.39, 0.29) is 11.6 Å². The molecule has 1 aliphatic heterocycles. The number of hydrogen-bond acceptors (Lipinski definition) is 5. The number of nitro benzene ring substituents is 1. The molecule has 7 nitrogen and oxygen atoms in total. The molecule has 0 aromatic heterocycles. The predicted octanol–water partition coefficient (Wildman–Crippen LogP) is 5.37. The van der Waals surface area contributed by atoms with Crippen LogP contribution in [0.3, 0.4) is 0 Å². The van der Waals surface area contributed by atoms with Crippen molar-refractivity contribution in [3.8, 4) is 0 Å². The smallest absolute Gasteiger partial charge is 0.270 e. The number of nitrogens with one attached hydrogen (secondary N) is 2. The first-order chi connectivity index (χ1) is 16.0. The molecule has 0 aliphatic carbocycles. The second-order valence-electron chi connectivity index (χ2n) is 7.84. The van der Waals surface area contributed by atoms with Crippen LogP contribution in [0.5, 0.6) is 0 Å². The van der Waals surface area contributed by atoms with Gasteiger partial charge in [-0.05, 0) is 42.4 Å². The third-order valence-corrected chi connectivity index (χ3v) is 5.79. The number of carbonyl (C=O) groups is 1. The molecule has 2 N–H and O–H groups in total. The van der Waals surface area contributed by atoms with Crippen LogP contribution < -0.4 is 10.6 Å². The molecule has 0 saturated heterocycles. The lowest BCUT2D eigenvalue weighted by Gasteiger charge is -2.19. The lowest BCUT2D eigenvalue weighted by molar-refractivity contribution is -0.384. The molecule has 0 atom stereocenters. The highest BCUT2D eigenvalue weighted by Crippen LogP contribution is 2.39. The second kappa shape index (κ2) is 9.67. The zero-order valence-corrected chi connectivity index (χ0v) is 18.7. The van der Waals surface area contributed by atoms with Crippen LogP contribution in [0.4, 0.5) is 17.1 Å². The number of hydrogen-bond donors (Lipinski definition) is 2. The van der Waals surface area contributed by atoms with Gasteiger partial charge in [0.25, 0.3) is 11.6 Å². The molecule has 0 bridgehead atoms. The maximum atomic E-state index is 13.0. The Hall–Kier alpha value is -3.97. The number of rotatable bonds is 8. The molecule has 1 heterocycles. The highest BCUT2D eigenvalue weighted by molar-refractivity contribution is 6.37. The van der Waals surface area contributed by atoms with Crippen molar-refractivity contribution in [1.82, 2.24) is 4.90 Å². The Kier molecular flexibility index (Phi) is 6.51. The molecule has 1 aliphatic rings. The van der Waals surface area contributed by atoms with Crippen molar-refractivity contribution < 1.29 is 9.72 Å².